The third-order valence-electron chi connectivity index (χ3n) is 19.7. The van der Waals surface area contributed by atoms with Gasteiger partial charge in [0.05, 0.1) is 19.8 Å². The topological polar surface area (TPSA) is 245 Å². The van der Waals surface area contributed by atoms with Crippen LogP contribution in [0.2, 0.25) is 308 Å². The molecular weight excluding hydrogens is 1840 g/mol. The van der Waals surface area contributed by atoms with E-state index >= 15 is 0 Å². The minimum Gasteiger partial charge on any atom is -0.481 e. The van der Waals surface area contributed by atoms with Gasteiger partial charge in [-0.1, -0.05) is 119 Å². The van der Waals surface area contributed by atoms with Crippen LogP contribution in [0.15, 0.2) is 4.99 Å². The maximum Gasteiger partial charge on any atom is 0.311 e. The summed E-state index contributed by atoms with van der Waals surface area (Å²) in [5.74, 6) is 0.214. The fraction of sp³-hybridized carbons (Fsp3) is 0.976. The molecule has 0 amide bonds. The molecule has 1 fully saturated rings. The van der Waals surface area contributed by atoms with Crippen molar-refractivity contribution in [3.63, 3.8) is 0 Å². The van der Waals surface area contributed by atoms with Gasteiger partial charge in [0.25, 0.3) is 0 Å². The Labute approximate surface area is 775 Å². The van der Waals surface area contributed by atoms with Gasteiger partial charge in [-0.05, 0) is 353 Å². The molecule has 1 rings (SSSR count). The van der Waals surface area contributed by atoms with E-state index in [2.05, 4.69) is 295 Å². The van der Waals surface area contributed by atoms with Crippen molar-refractivity contribution in [1.82, 2.24) is 0 Å². The largest absolute Gasteiger partial charge is 0.481 e. The average Bonchev–Trinajstić information content (AvgIpc) is 1.83. The predicted octanol–water partition coefficient (Wildman–Crippen LogP) is 27.6. The second-order valence-corrected chi connectivity index (χ2v) is 119. The van der Waals surface area contributed by atoms with E-state index in [-0.39, 0.29) is 13.0 Å². The van der Waals surface area contributed by atoms with Gasteiger partial charge in [0.2, 0.25) is 6.08 Å². The molecule has 0 spiro atoms. The van der Waals surface area contributed by atoms with Crippen LogP contribution in [0.4, 0.5) is 0 Å². The maximum absolute atomic E-state index is 10.7. The number of carboxylic acid groups (broad SMARTS) is 1. The molecule has 1 saturated heterocycles. The predicted molar refractivity (Wildman–Crippen MR) is 574 cm³/mol. The van der Waals surface area contributed by atoms with Gasteiger partial charge in [-0.2, -0.15) is 12.6 Å². The summed E-state index contributed by atoms with van der Waals surface area (Å²) in [6, 6.07) is 13.5. The number of nitrogens with zero attached hydrogens (tertiary/aromatic N) is 1. The van der Waals surface area contributed by atoms with Gasteiger partial charge < -0.3 is 74.8 Å². The van der Waals surface area contributed by atoms with Gasteiger partial charge in [-0.25, -0.2) is 9.79 Å². The number of isocyanates is 1. The molecule has 1 aliphatic rings. The molecule has 730 valence electrons. The molecule has 1 heterocycles. The van der Waals surface area contributed by atoms with E-state index in [9.17, 15) is 9.59 Å². The molecule has 0 aromatic carbocycles. The number of hydrogen-bond donors (Lipinski definition) is 4. The second kappa shape index (κ2) is 62.9. The highest BCUT2D eigenvalue weighted by molar-refractivity contribution is 7.80. The van der Waals surface area contributed by atoms with Crippen molar-refractivity contribution < 1.29 is 78.7 Å². The zero-order chi connectivity index (χ0) is 95.6. The van der Waals surface area contributed by atoms with Crippen molar-refractivity contribution in [1.29, 1.82) is 0 Å². The molecule has 0 radical (unpaired) electrons. The van der Waals surface area contributed by atoms with Gasteiger partial charge in [0, 0.05) is 19.6 Å². The van der Waals surface area contributed by atoms with E-state index in [0.717, 1.165) is 88.4 Å². The van der Waals surface area contributed by atoms with Gasteiger partial charge in [0.1, 0.15) is 6.10 Å². The van der Waals surface area contributed by atoms with Crippen LogP contribution in [0.25, 0.3) is 0 Å². The highest BCUT2D eigenvalue weighted by Crippen LogP contribution is 2.34. The maximum atomic E-state index is 10.7. The van der Waals surface area contributed by atoms with E-state index < -0.39 is 157 Å². The minimum absolute atomic E-state index is 0.195. The van der Waals surface area contributed by atoms with Crippen LogP contribution in [0, 0.1) is 0 Å². The molecule has 121 heavy (non-hydrogen) atoms. The van der Waals surface area contributed by atoms with Crippen LogP contribution in [0.5, 0.6) is 0 Å². The molecule has 4 N–H and O–H groups in total. The van der Waals surface area contributed by atoms with Crippen molar-refractivity contribution in [3.8, 4) is 0 Å². The number of aliphatic hydroxyl groups is 1. The first kappa shape index (κ1) is 132. The van der Waals surface area contributed by atoms with Crippen molar-refractivity contribution in [2.45, 2.75) is 471 Å². The summed E-state index contributed by atoms with van der Waals surface area (Å²) in [6.07, 6.45) is 22.1. The molecule has 0 aromatic heterocycles. The van der Waals surface area contributed by atoms with Crippen LogP contribution < -0.4 is 5.73 Å². The fourth-order valence-corrected chi connectivity index (χ4v) is 102. The number of aliphatic hydroxyl groups excluding tert-OH is 1. The van der Waals surface area contributed by atoms with Crippen LogP contribution in [-0.4, -0.2) is 225 Å². The zero-order valence-corrected chi connectivity index (χ0v) is 107. The first-order valence-electron chi connectivity index (χ1n) is 47.4. The van der Waals surface area contributed by atoms with Crippen molar-refractivity contribution in [2.75, 3.05) is 45.3 Å². The van der Waals surface area contributed by atoms with E-state index in [1.807, 2.05) is 0 Å². The Morgan fingerprint density at radius 2 is 0.554 bits per heavy atom. The molecule has 0 aliphatic carbocycles. The molecule has 20 nitrogen and oxygen atoms in total. The lowest BCUT2D eigenvalue weighted by atomic mass is 10.4. The summed E-state index contributed by atoms with van der Waals surface area (Å²) in [5.41, 5.74) is 5.61. The molecule has 1 atom stereocenters. The number of carbonyl (C=O) groups excluding carboxylic acids is 1. The van der Waals surface area contributed by atoms with E-state index in [1.54, 1.807) is 6.08 Å². The van der Waals surface area contributed by atoms with Crippen LogP contribution in [-0.2, 0) is 68.4 Å². The lowest BCUT2D eigenvalue weighted by Gasteiger charge is -2.39. The van der Waals surface area contributed by atoms with E-state index in [0.29, 0.717) is 18.7 Å². The third kappa shape index (κ3) is 85.2. The number of aliphatic imine (C=N–C) groups is 1. The number of epoxide rings is 1. The molecule has 1 aliphatic heterocycles. The Hall–Kier alpha value is 2.46. The van der Waals surface area contributed by atoms with Crippen molar-refractivity contribution >= 4 is 176 Å². The molecule has 1 unspecified atom stereocenters. The number of aliphatic carboxylic acids is 1. The van der Waals surface area contributed by atoms with Crippen LogP contribution >= 0.6 is 12.6 Å². The quantitative estimate of drug-likeness (QED) is 0.0110. The number of unbranched alkanes of at least 4 members (excludes halogenated alkanes) is 6. The third-order valence-corrected chi connectivity index (χ3v) is 88.8. The summed E-state index contributed by atoms with van der Waals surface area (Å²) in [6.45, 7) is 98.4. The second-order valence-electron chi connectivity index (χ2n) is 44.0. The number of nitrogens with two attached hydrogens (primary N) is 1. The molecule has 39 heteroatoms. The van der Waals surface area contributed by atoms with E-state index in [1.165, 1.54) is 119 Å². The monoisotopic (exact) mass is 2040 g/mol. The van der Waals surface area contributed by atoms with Gasteiger partial charge in [0.15, 0.2) is 99.8 Å². The molecule has 0 saturated carbocycles. The highest BCUT2D eigenvalue weighted by Gasteiger charge is 2.46. The smallest absolute Gasteiger partial charge is 0.311 e. The summed E-state index contributed by atoms with van der Waals surface area (Å²) in [5, 5.41) is 17.8. The Morgan fingerprint density at radius 1 is 0.347 bits per heavy atom. The number of rotatable bonds is 64. The Morgan fingerprint density at radius 3 is 0.752 bits per heavy atom. The standard InChI is InChI=1S/C16H38O4Si3.C14H33NO3Si3.C13H35NO2Si3.C13H32O4Si3.C13H34O3Si3.C13H34O2SSi3/c1-8-9-12-21(2,3)19-23(6,7)20-22(4,5)13-10-11-17-14-16-15-18-16;1-8-9-12-19(2,3)17-21(6,7)18-20(4,5)13-10-11-15-14-16;1-8-9-12-17(2,3)15-19(6,7)16-18(4,5)13-10-11-14;1-8-9-11-18(2,3)16-20(6,7)17-19(4,5)12-10-13(14)15;1-8-9-12-17(2,3)15-19(6,7)16-18(4,5)13-10-11-14;1-8-9-12-17(2,3)14-19(6,7)15-18(4,5)13-10-11-16/h16H,8-15H2,1-7H3;8-13H2,1-7H3;8-14H2,1-7H3;8-12H2,1-7H3,(H,14,15);14H,8-13H2,1-7H3;16H,8-13H2,1-7H3. The zero-order valence-electron chi connectivity index (χ0n) is 87.6. The Bertz CT molecular complexity index is 2500. The number of hydrogen-bond acceptors (Lipinski definition) is 20. The van der Waals surface area contributed by atoms with Crippen molar-refractivity contribution in [2.24, 2.45) is 10.7 Å². The van der Waals surface area contributed by atoms with E-state index in [4.69, 9.17) is 74.8 Å². The van der Waals surface area contributed by atoms with Gasteiger partial charge >= 0.3 is 57.3 Å². The number of thiol groups is 1. The fourth-order valence-electron chi connectivity index (χ4n) is 15.9. The van der Waals surface area contributed by atoms with Crippen LogP contribution in [0.3, 0.4) is 0 Å². The first-order chi connectivity index (χ1) is 54.6. The van der Waals surface area contributed by atoms with Crippen LogP contribution in [0.1, 0.15) is 157 Å². The molecule has 0 aromatic rings. The molecule has 0 bridgehead atoms. The van der Waals surface area contributed by atoms with Gasteiger partial charge in [-0.15, -0.1) is 0 Å². The number of carbonyl (C=O) groups is 1. The summed E-state index contributed by atoms with van der Waals surface area (Å²) in [4.78, 5) is 24.4. The number of ether oxygens (including phenoxy) is 2. The Balaban J connectivity index is -0.000000446. The summed E-state index contributed by atoms with van der Waals surface area (Å²) < 4.78 is 88.5. The summed E-state index contributed by atoms with van der Waals surface area (Å²) >= 11 is 4.30. The lowest BCUT2D eigenvalue weighted by Crippen LogP contribution is -2.52. The normalized spacial score (nSPS) is 14.7. The average molecular weight is 2050 g/mol. The Kier molecular flexibility index (Phi) is 68.6. The van der Waals surface area contributed by atoms with Crippen molar-refractivity contribution in [3.05, 3.63) is 0 Å². The minimum atomic E-state index is -2.17. The van der Waals surface area contributed by atoms with Gasteiger partial charge in [-0.3, -0.25) is 4.79 Å². The highest BCUT2D eigenvalue weighted by atomic mass is 32.1. The first-order valence-corrected chi connectivity index (χ1v) is 102. The SMILES string of the molecule is CCCC[Si](C)(C)O[Si](C)(C)O[Si](C)(C)CCC(=O)O.CCCC[Si](C)(C)O[Si](C)(C)O[Si](C)(C)CCCN.CCCC[Si](C)(C)O[Si](C)(C)O[Si](C)(C)CCCN=C=O.CCCC[Si](C)(C)O[Si](C)(C)O[Si](C)(C)CCCO.CCCC[Si](C)(C)O[Si](C)(C)O[Si](C)(C)CCCOCC1CO1.CCCC[Si](C)(C)O[Si](C)(C)O[Si](C)(C)CCCS. The summed E-state index contributed by atoms with van der Waals surface area (Å²) in [7, 11) is -32.1. The number of carboxylic acids is 1. The lowest BCUT2D eigenvalue weighted by molar-refractivity contribution is -0.136. The molecular formula is C82H206N2O18SSi18.